The molecule has 0 bridgehead atoms. The minimum absolute atomic E-state index is 0.0963. The van der Waals surface area contributed by atoms with Gasteiger partial charge in [-0.1, -0.05) is 0 Å². The summed E-state index contributed by atoms with van der Waals surface area (Å²) < 4.78 is 11.7. The molecule has 1 saturated heterocycles. The lowest BCUT2D eigenvalue weighted by molar-refractivity contribution is -0.146. The zero-order valence-corrected chi connectivity index (χ0v) is 12.3. The molecule has 1 fully saturated rings. The average molecular weight is 244 g/mol. The second kappa shape index (κ2) is 4.52. The summed E-state index contributed by atoms with van der Waals surface area (Å²) in [5.41, 5.74) is -1.00. The number of rotatable bonds is 4. The zero-order chi connectivity index (χ0) is 13.5. The van der Waals surface area contributed by atoms with E-state index in [0.717, 1.165) is 6.42 Å². The van der Waals surface area contributed by atoms with E-state index in [0.29, 0.717) is 6.61 Å². The Morgan fingerprint density at radius 2 is 1.88 bits per heavy atom. The molecule has 3 nitrogen and oxygen atoms in total. The standard InChI is InChI=1S/C14H28O3/c1-8-16-14(6,7)11(15)10-9-12(2,3)17-13(10,4)5/h10-11,15H,8-9H2,1-7H3. The van der Waals surface area contributed by atoms with Gasteiger partial charge in [0.25, 0.3) is 0 Å². The molecule has 1 N–H and O–H groups in total. The van der Waals surface area contributed by atoms with Crippen LogP contribution < -0.4 is 0 Å². The van der Waals surface area contributed by atoms with Crippen LogP contribution in [0.15, 0.2) is 0 Å². The molecule has 0 amide bonds. The third-order valence-electron chi connectivity index (χ3n) is 3.75. The fraction of sp³-hybridized carbons (Fsp3) is 1.00. The van der Waals surface area contributed by atoms with Gasteiger partial charge in [-0.2, -0.15) is 0 Å². The summed E-state index contributed by atoms with van der Waals surface area (Å²) >= 11 is 0. The third-order valence-corrected chi connectivity index (χ3v) is 3.75. The second-order valence-corrected chi connectivity index (χ2v) is 6.76. The van der Waals surface area contributed by atoms with E-state index < -0.39 is 11.7 Å². The second-order valence-electron chi connectivity index (χ2n) is 6.76. The maximum Gasteiger partial charge on any atom is 0.0887 e. The maximum absolute atomic E-state index is 10.6. The van der Waals surface area contributed by atoms with Crippen LogP contribution in [0.25, 0.3) is 0 Å². The van der Waals surface area contributed by atoms with Crippen LogP contribution in [-0.4, -0.2) is 34.6 Å². The van der Waals surface area contributed by atoms with Crippen molar-refractivity contribution < 1.29 is 14.6 Å². The van der Waals surface area contributed by atoms with Gasteiger partial charge in [0.05, 0.1) is 22.9 Å². The maximum atomic E-state index is 10.6. The van der Waals surface area contributed by atoms with Gasteiger partial charge in [0.2, 0.25) is 0 Å². The summed E-state index contributed by atoms with van der Waals surface area (Å²) in [4.78, 5) is 0. The Morgan fingerprint density at radius 1 is 1.35 bits per heavy atom. The summed E-state index contributed by atoms with van der Waals surface area (Å²) in [7, 11) is 0. The highest BCUT2D eigenvalue weighted by atomic mass is 16.5. The van der Waals surface area contributed by atoms with Crippen LogP contribution in [0.3, 0.4) is 0 Å². The van der Waals surface area contributed by atoms with Crippen molar-refractivity contribution in [2.75, 3.05) is 6.61 Å². The molecule has 2 unspecified atom stereocenters. The van der Waals surface area contributed by atoms with E-state index in [1.54, 1.807) is 0 Å². The minimum Gasteiger partial charge on any atom is -0.390 e. The Labute approximate surface area is 105 Å². The summed E-state index contributed by atoms with van der Waals surface area (Å²) in [5, 5.41) is 10.6. The lowest BCUT2D eigenvalue weighted by Crippen LogP contribution is -2.49. The van der Waals surface area contributed by atoms with Gasteiger partial charge < -0.3 is 14.6 Å². The van der Waals surface area contributed by atoms with Crippen molar-refractivity contribution in [1.82, 2.24) is 0 Å². The zero-order valence-electron chi connectivity index (χ0n) is 12.3. The quantitative estimate of drug-likeness (QED) is 0.826. The van der Waals surface area contributed by atoms with Gasteiger partial charge in [0, 0.05) is 12.5 Å². The predicted octanol–water partition coefficient (Wildman–Crippen LogP) is 2.76. The smallest absolute Gasteiger partial charge is 0.0887 e. The van der Waals surface area contributed by atoms with Crippen molar-refractivity contribution in [1.29, 1.82) is 0 Å². The number of aliphatic hydroxyl groups excluding tert-OH is 1. The third kappa shape index (κ3) is 3.21. The molecule has 1 heterocycles. The molecule has 1 aliphatic heterocycles. The fourth-order valence-electron chi connectivity index (χ4n) is 3.04. The average Bonchev–Trinajstić information content (AvgIpc) is 2.32. The molecule has 0 saturated carbocycles. The van der Waals surface area contributed by atoms with Crippen molar-refractivity contribution in [3.63, 3.8) is 0 Å². The highest BCUT2D eigenvalue weighted by Gasteiger charge is 2.52. The van der Waals surface area contributed by atoms with Gasteiger partial charge >= 0.3 is 0 Å². The Bertz CT molecular complexity index is 269. The Balaban J connectivity index is 2.86. The highest BCUT2D eigenvalue weighted by Crippen LogP contribution is 2.45. The molecule has 3 heteroatoms. The molecular formula is C14H28O3. The molecule has 0 radical (unpaired) electrons. The van der Waals surface area contributed by atoms with E-state index in [2.05, 4.69) is 27.7 Å². The van der Waals surface area contributed by atoms with E-state index in [1.165, 1.54) is 0 Å². The van der Waals surface area contributed by atoms with Crippen molar-refractivity contribution in [3.05, 3.63) is 0 Å². The van der Waals surface area contributed by atoms with Crippen LogP contribution in [0.2, 0.25) is 0 Å². The first-order chi connectivity index (χ1) is 7.52. The molecule has 2 atom stereocenters. The van der Waals surface area contributed by atoms with E-state index in [1.807, 2.05) is 20.8 Å². The molecule has 0 aromatic heterocycles. The first-order valence-electron chi connectivity index (χ1n) is 6.54. The van der Waals surface area contributed by atoms with Crippen molar-refractivity contribution >= 4 is 0 Å². The van der Waals surface area contributed by atoms with E-state index >= 15 is 0 Å². The Kier molecular flexibility index (Phi) is 3.98. The van der Waals surface area contributed by atoms with Gasteiger partial charge in [-0.25, -0.2) is 0 Å². The van der Waals surface area contributed by atoms with Crippen molar-refractivity contribution in [2.24, 2.45) is 5.92 Å². The van der Waals surface area contributed by atoms with Gasteiger partial charge in [0.1, 0.15) is 0 Å². The lowest BCUT2D eigenvalue weighted by Gasteiger charge is -2.38. The number of hydrogen-bond donors (Lipinski definition) is 1. The summed E-state index contributed by atoms with van der Waals surface area (Å²) in [5.74, 6) is 0.0963. The molecule has 0 spiro atoms. The number of aliphatic hydroxyl groups is 1. The van der Waals surface area contributed by atoms with Crippen molar-refractivity contribution in [2.45, 2.75) is 77.8 Å². The van der Waals surface area contributed by atoms with Gasteiger partial charge in [0.15, 0.2) is 0 Å². The summed E-state index contributed by atoms with van der Waals surface area (Å²) in [6, 6.07) is 0. The molecule has 1 aliphatic rings. The topological polar surface area (TPSA) is 38.7 Å². The van der Waals surface area contributed by atoms with E-state index in [-0.39, 0.29) is 17.1 Å². The monoisotopic (exact) mass is 244 g/mol. The lowest BCUT2D eigenvalue weighted by atomic mass is 9.77. The van der Waals surface area contributed by atoms with Gasteiger partial charge in [-0.05, 0) is 54.9 Å². The van der Waals surface area contributed by atoms with Gasteiger partial charge in [-0.3, -0.25) is 0 Å². The Hall–Kier alpha value is -0.120. The Morgan fingerprint density at radius 3 is 2.24 bits per heavy atom. The van der Waals surface area contributed by atoms with Crippen molar-refractivity contribution in [3.8, 4) is 0 Å². The molecule has 0 aliphatic carbocycles. The van der Waals surface area contributed by atoms with Crippen LogP contribution in [0, 0.1) is 5.92 Å². The van der Waals surface area contributed by atoms with E-state index in [4.69, 9.17) is 9.47 Å². The first-order valence-corrected chi connectivity index (χ1v) is 6.54. The van der Waals surface area contributed by atoms with Crippen LogP contribution in [-0.2, 0) is 9.47 Å². The van der Waals surface area contributed by atoms with Crippen LogP contribution >= 0.6 is 0 Å². The predicted molar refractivity (Wildman–Crippen MR) is 69.1 cm³/mol. The largest absolute Gasteiger partial charge is 0.390 e. The molecule has 1 rings (SSSR count). The normalized spacial score (nSPS) is 29.3. The number of hydrogen-bond acceptors (Lipinski definition) is 3. The van der Waals surface area contributed by atoms with Crippen LogP contribution in [0.5, 0.6) is 0 Å². The fourth-order valence-corrected chi connectivity index (χ4v) is 3.04. The van der Waals surface area contributed by atoms with Gasteiger partial charge in [-0.15, -0.1) is 0 Å². The minimum atomic E-state index is -0.527. The molecule has 17 heavy (non-hydrogen) atoms. The summed E-state index contributed by atoms with van der Waals surface area (Å²) in [6.45, 7) is 14.7. The number of ether oxygens (including phenoxy) is 2. The van der Waals surface area contributed by atoms with Crippen LogP contribution in [0.1, 0.15) is 54.9 Å². The molecular weight excluding hydrogens is 216 g/mol. The molecule has 0 aromatic carbocycles. The highest BCUT2D eigenvalue weighted by molar-refractivity contribution is 5.01. The first kappa shape index (κ1) is 14.9. The molecule has 0 aromatic rings. The van der Waals surface area contributed by atoms with Crippen LogP contribution in [0.4, 0.5) is 0 Å². The SMILES string of the molecule is CCOC(C)(C)C(O)C1CC(C)(C)OC1(C)C. The van der Waals surface area contributed by atoms with E-state index in [9.17, 15) is 5.11 Å². The summed E-state index contributed by atoms with van der Waals surface area (Å²) in [6.07, 6.45) is 0.344. The molecule has 102 valence electrons.